The van der Waals surface area contributed by atoms with Crippen LogP contribution in [-0.4, -0.2) is 33.7 Å². The number of aromatic nitrogens is 3. The second-order valence-corrected chi connectivity index (χ2v) is 4.88. The molecule has 22 heavy (non-hydrogen) atoms. The zero-order valence-electron chi connectivity index (χ0n) is 12.2. The molecule has 0 spiro atoms. The number of methoxy groups -OCH3 is 1. The Hall–Kier alpha value is -2.90. The number of ether oxygens (including phenoxy) is 1. The zero-order valence-corrected chi connectivity index (χ0v) is 12.2. The first-order chi connectivity index (χ1) is 10.6. The van der Waals surface area contributed by atoms with Crippen LogP contribution in [0.5, 0.6) is 5.75 Å². The Balaban J connectivity index is 1.88. The molecule has 2 aromatic rings. The number of hydrogen-bond donors (Lipinski definition) is 2. The number of carbonyl (C=O) groups excluding carboxylic acids is 2. The Morgan fingerprint density at radius 2 is 2.23 bits per heavy atom. The first-order valence-electron chi connectivity index (χ1n) is 6.75. The molecule has 1 aliphatic heterocycles. The van der Waals surface area contributed by atoms with Crippen LogP contribution in [-0.2, 0) is 9.59 Å². The second kappa shape index (κ2) is 5.47. The number of aryl methyl sites for hydroxylation is 1. The fraction of sp³-hybridized carbons (Fsp3) is 0.286. The third-order valence-electron chi connectivity index (χ3n) is 3.33. The van der Waals surface area contributed by atoms with Crippen molar-refractivity contribution in [3.63, 3.8) is 0 Å². The van der Waals surface area contributed by atoms with E-state index in [4.69, 9.17) is 4.74 Å². The molecular weight excluding hydrogens is 286 g/mol. The van der Waals surface area contributed by atoms with E-state index in [1.54, 1.807) is 31.2 Å². The molecule has 0 radical (unpaired) electrons. The van der Waals surface area contributed by atoms with Gasteiger partial charge in [-0.2, -0.15) is 10.1 Å². The fourth-order valence-electron chi connectivity index (χ4n) is 2.34. The molecule has 1 atom stereocenters. The van der Waals surface area contributed by atoms with E-state index in [2.05, 4.69) is 20.7 Å². The molecular formula is C14H15N5O3. The molecule has 2 amide bonds. The van der Waals surface area contributed by atoms with Gasteiger partial charge in [0.2, 0.25) is 17.8 Å². The molecule has 1 aliphatic rings. The number of carbonyl (C=O) groups is 2. The molecule has 8 heteroatoms. The van der Waals surface area contributed by atoms with Gasteiger partial charge < -0.3 is 10.1 Å². The SMILES string of the molecule is COc1ccccc1NC(=O)C1CC(=O)Nc2nc(C)nn21. The van der Waals surface area contributed by atoms with Gasteiger partial charge in [0.05, 0.1) is 19.2 Å². The monoisotopic (exact) mass is 301 g/mol. The zero-order chi connectivity index (χ0) is 15.7. The molecule has 3 rings (SSSR count). The van der Waals surface area contributed by atoms with E-state index in [9.17, 15) is 9.59 Å². The molecule has 1 aromatic heterocycles. The highest BCUT2D eigenvalue weighted by Gasteiger charge is 2.32. The summed E-state index contributed by atoms with van der Waals surface area (Å²) in [4.78, 5) is 28.3. The van der Waals surface area contributed by atoms with E-state index in [0.29, 0.717) is 17.3 Å². The maximum absolute atomic E-state index is 12.5. The Kier molecular flexibility index (Phi) is 3.50. The number of rotatable bonds is 3. The molecule has 0 fully saturated rings. The molecule has 0 saturated heterocycles. The minimum atomic E-state index is -0.741. The largest absolute Gasteiger partial charge is 0.495 e. The number of anilines is 2. The molecule has 2 N–H and O–H groups in total. The summed E-state index contributed by atoms with van der Waals surface area (Å²) in [5.41, 5.74) is 0.541. The van der Waals surface area contributed by atoms with Gasteiger partial charge in [-0.05, 0) is 19.1 Å². The maximum atomic E-state index is 12.5. The predicted molar refractivity (Wildman–Crippen MR) is 78.7 cm³/mol. The van der Waals surface area contributed by atoms with Gasteiger partial charge in [0, 0.05) is 0 Å². The highest BCUT2D eigenvalue weighted by molar-refractivity contribution is 6.01. The summed E-state index contributed by atoms with van der Waals surface area (Å²) in [5, 5.41) is 9.54. The van der Waals surface area contributed by atoms with Gasteiger partial charge in [0.1, 0.15) is 17.6 Å². The van der Waals surface area contributed by atoms with Crippen molar-refractivity contribution in [2.24, 2.45) is 0 Å². The summed E-state index contributed by atoms with van der Waals surface area (Å²) in [7, 11) is 1.53. The van der Waals surface area contributed by atoms with Crippen molar-refractivity contribution in [3.05, 3.63) is 30.1 Å². The van der Waals surface area contributed by atoms with E-state index >= 15 is 0 Å². The van der Waals surface area contributed by atoms with Gasteiger partial charge in [-0.25, -0.2) is 4.68 Å². The van der Waals surface area contributed by atoms with Crippen molar-refractivity contribution in [1.82, 2.24) is 14.8 Å². The van der Waals surface area contributed by atoms with Crippen LogP contribution in [0.3, 0.4) is 0 Å². The summed E-state index contributed by atoms with van der Waals surface area (Å²) in [6, 6.07) is 6.33. The standard InChI is InChI=1S/C14H15N5O3/c1-8-15-14-17-12(20)7-10(19(14)18-8)13(21)16-9-5-3-4-6-11(9)22-2/h3-6,10H,7H2,1-2H3,(H,16,21)(H,15,17,18,20). The quantitative estimate of drug-likeness (QED) is 0.885. The molecule has 1 aromatic carbocycles. The molecule has 8 nitrogen and oxygen atoms in total. The van der Waals surface area contributed by atoms with Crippen LogP contribution in [0.15, 0.2) is 24.3 Å². The first-order valence-corrected chi connectivity index (χ1v) is 6.75. The topological polar surface area (TPSA) is 98.1 Å². The van der Waals surface area contributed by atoms with Gasteiger partial charge in [-0.3, -0.25) is 14.9 Å². The third kappa shape index (κ3) is 2.50. The first kappa shape index (κ1) is 14.1. The Morgan fingerprint density at radius 3 is 3.00 bits per heavy atom. The van der Waals surface area contributed by atoms with Crippen molar-refractivity contribution < 1.29 is 14.3 Å². The average molecular weight is 301 g/mol. The number of hydrogen-bond acceptors (Lipinski definition) is 5. The van der Waals surface area contributed by atoms with Crippen molar-refractivity contribution in [1.29, 1.82) is 0 Å². The normalized spacial score (nSPS) is 16.6. The number of amides is 2. The van der Waals surface area contributed by atoms with Crippen LogP contribution in [0.1, 0.15) is 18.3 Å². The summed E-state index contributed by atoms with van der Waals surface area (Å²) in [6.45, 7) is 1.70. The van der Waals surface area contributed by atoms with E-state index in [1.165, 1.54) is 11.8 Å². The number of para-hydroxylation sites is 2. The van der Waals surface area contributed by atoms with Crippen LogP contribution in [0.4, 0.5) is 11.6 Å². The Labute approximate surface area is 126 Å². The lowest BCUT2D eigenvalue weighted by atomic mass is 10.1. The van der Waals surface area contributed by atoms with Crippen molar-refractivity contribution >= 4 is 23.5 Å². The lowest BCUT2D eigenvalue weighted by Crippen LogP contribution is -2.36. The maximum Gasteiger partial charge on any atom is 0.250 e. The minimum absolute atomic E-state index is 0.0107. The smallest absolute Gasteiger partial charge is 0.250 e. The molecule has 1 unspecified atom stereocenters. The van der Waals surface area contributed by atoms with Crippen molar-refractivity contribution in [2.75, 3.05) is 17.7 Å². The highest BCUT2D eigenvalue weighted by Crippen LogP contribution is 2.27. The van der Waals surface area contributed by atoms with Crippen molar-refractivity contribution in [2.45, 2.75) is 19.4 Å². The van der Waals surface area contributed by atoms with Crippen LogP contribution in [0, 0.1) is 6.92 Å². The fourth-order valence-corrected chi connectivity index (χ4v) is 2.34. The molecule has 0 aliphatic carbocycles. The lowest BCUT2D eigenvalue weighted by Gasteiger charge is -2.22. The Bertz CT molecular complexity index is 740. The van der Waals surface area contributed by atoms with Crippen LogP contribution in [0.25, 0.3) is 0 Å². The number of nitrogens with zero attached hydrogens (tertiary/aromatic N) is 3. The van der Waals surface area contributed by atoms with Gasteiger partial charge >= 0.3 is 0 Å². The Morgan fingerprint density at radius 1 is 1.45 bits per heavy atom. The number of benzene rings is 1. The summed E-state index contributed by atoms with van der Waals surface area (Å²) in [6.07, 6.45) is 0.0107. The van der Waals surface area contributed by atoms with E-state index in [-0.39, 0.29) is 24.2 Å². The molecule has 114 valence electrons. The van der Waals surface area contributed by atoms with Crippen molar-refractivity contribution in [3.8, 4) is 5.75 Å². The molecule has 0 saturated carbocycles. The summed E-state index contributed by atoms with van der Waals surface area (Å²) >= 11 is 0. The molecule has 2 heterocycles. The van der Waals surface area contributed by atoms with E-state index in [1.807, 2.05) is 0 Å². The van der Waals surface area contributed by atoms with Crippen LogP contribution < -0.4 is 15.4 Å². The van der Waals surface area contributed by atoms with Gasteiger partial charge in [-0.15, -0.1) is 0 Å². The second-order valence-electron chi connectivity index (χ2n) is 4.88. The minimum Gasteiger partial charge on any atom is -0.495 e. The lowest BCUT2D eigenvalue weighted by molar-refractivity contribution is -0.125. The number of fused-ring (bicyclic) bond motifs is 1. The summed E-state index contributed by atoms with van der Waals surface area (Å²) in [5.74, 6) is 0.720. The predicted octanol–water partition coefficient (Wildman–Crippen LogP) is 1.12. The number of nitrogens with one attached hydrogen (secondary N) is 2. The van der Waals surface area contributed by atoms with E-state index in [0.717, 1.165) is 0 Å². The van der Waals surface area contributed by atoms with Gasteiger partial charge in [-0.1, -0.05) is 12.1 Å². The highest BCUT2D eigenvalue weighted by atomic mass is 16.5. The van der Waals surface area contributed by atoms with Crippen LogP contribution >= 0.6 is 0 Å². The average Bonchev–Trinajstić information content (AvgIpc) is 2.86. The third-order valence-corrected chi connectivity index (χ3v) is 3.33. The van der Waals surface area contributed by atoms with Crippen LogP contribution in [0.2, 0.25) is 0 Å². The van der Waals surface area contributed by atoms with E-state index < -0.39 is 6.04 Å². The molecule has 0 bridgehead atoms. The summed E-state index contributed by atoms with van der Waals surface area (Å²) < 4.78 is 6.63. The van der Waals surface area contributed by atoms with Gasteiger partial charge in [0.25, 0.3) is 0 Å². The van der Waals surface area contributed by atoms with Gasteiger partial charge in [0.15, 0.2) is 0 Å².